The van der Waals surface area contributed by atoms with Crippen LogP contribution in [0.5, 0.6) is 0 Å². The van der Waals surface area contributed by atoms with Gasteiger partial charge in [-0.1, -0.05) is 117 Å². The summed E-state index contributed by atoms with van der Waals surface area (Å²) in [5.74, 6) is -3.75. The second-order valence-corrected chi connectivity index (χ2v) is 19.8. The number of ether oxygens (including phenoxy) is 3. The molecule has 3 aromatic carbocycles. The van der Waals surface area contributed by atoms with Crippen molar-refractivity contribution in [3.05, 3.63) is 131 Å². The van der Waals surface area contributed by atoms with Crippen molar-refractivity contribution in [1.82, 2.24) is 10.2 Å². The number of carboxylic acids is 1. The largest absolute Gasteiger partial charge is 0.481 e. The fourth-order valence-electron chi connectivity index (χ4n) is 8.90. The number of carbonyl (C=O) groups is 9. The number of amides is 2. The summed E-state index contributed by atoms with van der Waals surface area (Å²) in [6, 6.07) is 27.7. The third-order valence-electron chi connectivity index (χ3n) is 13.3. The van der Waals surface area contributed by atoms with Gasteiger partial charge < -0.3 is 39.6 Å². The van der Waals surface area contributed by atoms with E-state index >= 15 is 0 Å². The molecule has 75 heavy (non-hydrogen) atoms. The highest BCUT2D eigenvalue weighted by Gasteiger charge is 2.64. The van der Waals surface area contributed by atoms with Crippen LogP contribution in [0.4, 0.5) is 0 Å². The van der Waals surface area contributed by atoms with Crippen LogP contribution in [0.3, 0.4) is 0 Å². The molecule has 2 fully saturated rings. The average molecular weight is 1040 g/mol. The zero-order valence-electron chi connectivity index (χ0n) is 44.9. The van der Waals surface area contributed by atoms with Crippen LogP contribution in [0.25, 0.3) is 0 Å². The first kappa shape index (κ1) is 64.3. The third kappa shape index (κ3) is 19.8. The van der Waals surface area contributed by atoms with Crippen LogP contribution in [0, 0.1) is 22.7 Å². The van der Waals surface area contributed by atoms with E-state index in [0.29, 0.717) is 19.4 Å². The normalized spacial score (nSPS) is 23.7. The lowest BCUT2D eigenvalue weighted by molar-refractivity contribution is -0.243. The zero-order chi connectivity index (χ0) is 56.5. The molecule has 2 heterocycles. The monoisotopic (exact) mass is 1040 g/mol. The van der Waals surface area contributed by atoms with Crippen molar-refractivity contribution >= 4 is 53.9 Å². The van der Waals surface area contributed by atoms with E-state index in [1.165, 1.54) is 20.8 Å². The summed E-state index contributed by atoms with van der Waals surface area (Å²) < 4.78 is 17.3. The summed E-state index contributed by atoms with van der Waals surface area (Å²) in [5.41, 5.74) is 0.310. The maximum atomic E-state index is 14.4. The molecule has 4 N–H and O–H groups in total. The number of benzene rings is 3. The van der Waals surface area contributed by atoms with Gasteiger partial charge in [-0.2, -0.15) is 0 Å². The molecule has 2 aliphatic carbocycles. The number of carboxylic acid groups (broad SMARTS) is 1. The Morgan fingerprint density at radius 3 is 1.73 bits per heavy atom. The lowest BCUT2D eigenvalue weighted by Gasteiger charge is -2.59. The SMILES string of the molecule is CC(=O)OC1C=C(C)CCC(O)(C(C)(C)C)CC2C3COC3CC(OC(=O)CCN3C(=O)C=CC3=O)C2(C)C1=O.CC(C)=O.CN[C@H](CC(=O)O)c1ccccc1.CO.O=Cc1ccccc1.O=Cc1ccccc1. The van der Waals surface area contributed by atoms with Gasteiger partial charge in [-0.15, -0.1) is 0 Å². The lowest BCUT2D eigenvalue weighted by atomic mass is 9.52. The Bertz CT molecular complexity index is 2350. The number of fused-ring (bicyclic) bond motifs is 3. The minimum absolute atomic E-state index is 0.0498. The number of nitrogens with zero attached hydrogens (tertiary/aromatic N) is 1. The van der Waals surface area contributed by atoms with E-state index in [1.807, 2.05) is 94.4 Å². The molecule has 0 radical (unpaired) electrons. The topological polar surface area (TPSA) is 257 Å². The first-order valence-electron chi connectivity index (χ1n) is 24.7. The minimum atomic E-state index is -1.31. The molecule has 3 aromatic rings. The van der Waals surface area contributed by atoms with Gasteiger partial charge in [0.2, 0.25) is 0 Å². The maximum absolute atomic E-state index is 14.4. The van der Waals surface area contributed by atoms with Gasteiger partial charge >= 0.3 is 17.9 Å². The number of aliphatic hydroxyl groups excluding tert-OH is 1. The summed E-state index contributed by atoms with van der Waals surface area (Å²) in [6.45, 7) is 14.1. The van der Waals surface area contributed by atoms with E-state index in [0.717, 1.165) is 59.0 Å². The fraction of sp³-hybridized carbons (Fsp3) is 0.466. The molecule has 2 amide bonds. The van der Waals surface area contributed by atoms with E-state index in [1.54, 1.807) is 44.3 Å². The number of allylic oxidation sites excluding steroid dienone is 1. The number of aldehydes is 2. The quantitative estimate of drug-likeness (QED) is 0.0636. The highest BCUT2D eigenvalue weighted by Crippen LogP contribution is 2.57. The van der Waals surface area contributed by atoms with E-state index in [4.69, 9.17) is 24.4 Å². The van der Waals surface area contributed by atoms with E-state index < -0.39 is 64.3 Å². The molecular weight excluding hydrogens is 965 g/mol. The minimum Gasteiger partial charge on any atom is -0.481 e. The first-order chi connectivity index (χ1) is 35.4. The number of nitrogens with one attached hydrogen (secondary N) is 1. The van der Waals surface area contributed by atoms with E-state index in [9.17, 15) is 48.3 Å². The number of ketones is 2. The van der Waals surface area contributed by atoms with Gasteiger partial charge in [0.05, 0.1) is 36.6 Å². The van der Waals surface area contributed by atoms with Crippen molar-refractivity contribution in [2.45, 2.75) is 124 Å². The van der Waals surface area contributed by atoms with Gasteiger partial charge in [-0.25, -0.2) is 0 Å². The highest BCUT2D eigenvalue weighted by atomic mass is 16.6. The number of esters is 2. The molecule has 7 unspecified atom stereocenters. The van der Waals surface area contributed by atoms with E-state index in [-0.39, 0.29) is 61.9 Å². The van der Waals surface area contributed by atoms with Crippen LogP contribution in [-0.4, -0.2) is 125 Å². The molecule has 0 aromatic heterocycles. The van der Waals surface area contributed by atoms with Crippen LogP contribution in [0.2, 0.25) is 0 Å². The number of hydrogen-bond donors (Lipinski definition) is 4. The number of rotatable bonds is 11. The average Bonchev–Trinajstić information content (AvgIpc) is 3.70. The van der Waals surface area contributed by atoms with Gasteiger partial charge in [0.15, 0.2) is 11.9 Å². The Morgan fingerprint density at radius 2 is 1.33 bits per heavy atom. The predicted octanol–water partition coefficient (Wildman–Crippen LogP) is 7.29. The van der Waals surface area contributed by atoms with Gasteiger partial charge in [0.1, 0.15) is 24.5 Å². The summed E-state index contributed by atoms with van der Waals surface area (Å²) in [7, 11) is 2.76. The zero-order valence-corrected chi connectivity index (χ0v) is 44.9. The molecule has 0 spiro atoms. The van der Waals surface area contributed by atoms with Gasteiger partial charge in [0, 0.05) is 62.2 Å². The molecule has 1 saturated heterocycles. The van der Waals surface area contributed by atoms with Crippen LogP contribution in [0.15, 0.2) is 115 Å². The molecule has 4 aliphatic rings. The second kappa shape index (κ2) is 31.2. The molecule has 408 valence electrons. The molecular formula is C58H76N2O15. The molecule has 1 saturated carbocycles. The molecule has 8 atom stereocenters. The van der Waals surface area contributed by atoms with Crippen LogP contribution >= 0.6 is 0 Å². The maximum Gasteiger partial charge on any atom is 0.307 e. The highest BCUT2D eigenvalue weighted by molar-refractivity contribution is 6.13. The Hall–Kier alpha value is -6.79. The number of aliphatic hydroxyl groups is 2. The lowest BCUT2D eigenvalue weighted by Crippen LogP contribution is -2.66. The molecule has 17 nitrogen and oxygen atoms in total. The number of hydrogen-bond acceptors (Lipinski definition) is 15. The molecule has 7 rings (SSSR count). The van der Waals surface area contributed by atoms with Crippen molar-refractivity contribution in [2.75, 3.05) is 27.3 Å². The Balaban J connectivity index is 0.000000439. The van der Waals surface area contributed by atoms with Crippen molar-refractivity contribution in [2.24, 2.45) is 22.7 Å². The van der Waals surface area contributed by atoms with Gasteiger partial charge in [0.25, 0.3) is 11.8 Å². The number of aliphatic carboxylic acids is 1. The summed E-state index contributed by atoms with van der Waals surface area (Å²) in [5, 5.41) is 30.7. The van der Waals surface area contributed by atoms with E-state index in [2.05, 4.69) is 5.32 Å². The Morgan fingerprint density at radius 1 is 0.840 bits per heavy atom. The van der Waals surface area contributed by atoms with Crippen molar-refractivity contribution in [3.8, 4) is 0 Å². The second-order valence-electron chi connectivity index (χ2n) is 19.8. The fourth-order valence-corrected chi connectivity index (χ4v) is 8.90. The number of carbonyl (C=O) groups excluding carboxylic acids is 8. The van der Waals surface area contributed by atoms with Crippen molar-refractivity contribution < 1.29 is 72.7 Å². The first-order valence-corrected chi connectivity index (χ1v) is 24.7. The Kier molecular flexibility index (Phi) is 26.7. The molecule has 17 heteroatoms. The van der Waals surface area contributed by atoms with Crippen LogP contribution in [0.1, 0.15) is 126 Å². The van der Waals surface area contributed by atoms with Crippen molar-refractivity contribution in [3.63, 3.8) is 0 Å². The summed E-state index contributed by atoms with van der Waals surface area (Å²) in [4.78, 5) is 104. The van der Waals surface area contributed by atoms with Gasteiger partial charge in [-0.3, -0.25) is 43.3 Å². The van der Waals surface area contributed by atoms with Crippen LogP contribution in [-0.2, 0) is 47.8 Å². The van der Waals surface area contributed by atoms with Crippen LogP contribution < -0.4 is 5.32 Å². The summed E-state index contributed by atoms with van der Waals surface area (Å²) >= 11 is 0. The third-order valence-corrected chi connectivity index (χ3v) is 13.3. The summed E-state index contributed by atoms with van der Waals surface area (Å²) in [6.07, 6.45) is 4.62. The molecule has 0 bridgehead atoms. The standard InChI is InChI=1S/C30H41NO9.C10H13NO2.2C7H6O.C3H6O.CH4O/c1-17-9-11-30(37,28(3,4)5)15-20-19-16-38-21(19)14-23(29(20,6)27(36)22(13-17)39-18(2)32)40-26(35)10-12-31-24(33)7-8-25(31)34;1-11-9(7-10(12)13)8-5-3-2-4-6-8;2*8-6-7-4-2-1-3-5-7;1-3(2)4;1-2/h7-8,13,19-23,37H,9-12,14-16H2,1-6H3;2-6,9,11H,7H2,1H3,(H,12,13);2*1-6H;1-2H3;2H,1H3/t;9-;;;;/m.1..../s1. The predicted molar refractivity (Wildman–Crippen MR) is 281 cm³/mol. The Labute approximate surface area is 440 Å². The van der Waals surface area contributed by atoms with Gasteiger partial charge in [-0.05, 0) is 77.0 Å². The number of Topliss-reactive ketones (excluding diaryl/α,β-unsaturated/α-hetero) is 2. The molecule has 2 aliphatic heterocycles. The van der Waals surface area contributed by atoms with Crippen molar-refractivity contribution in [1.29, 1.82) is 0 Å². The smallest absolute Gasteiger partial charge is 0.307 e. The number of imide groups is 1.